The lowest BCUT2D eigenvalue weighted by Gasteiger charge is -2.07. The molecule has 0 aliphatic heterocycles. The number of nitrogens with two attached hydrogens (primary N) is 1. The molecule has 2 aromatic heterocycles. The van der Waals surface area contributed by atoms with Crippen LogP contribution in [0.4, 0.5) is 11.6 Å². The highest BCUT2D eigenvalue weighted by molar-refractivity contribution is 6.34. The molecule has 7 heteroatoms. The van der Waals surface area contributed by atoms with Crippen LogP contribution >= 0.6 is 11.6 Å². The van der Waals surface area contributed by atoms with Gasteiger partial charge in [-0.3, -0.25) is 4.79 Å². The van der Waals surface area contributed by atoms with Gasteiger partial charge in [-0.1, -0.05) is 11.6 Å². The molecule has 2 heterocycles. The Labute approximate surface area is 115 Å². The average Bonchev–Trinajstić information content (AvgIpc) is 2.39. The number of anilines is 2. The van der Waals surface area contributed by atoms with Gasteiger partial charge >= 0.3 is 0 Å². The molecular formula is C12H12ClN5O. The smallest absolute Gasteiger partial charge is 0.277 e. The number of hydrogen-bond acceptors (Lipinski definition) is 5. The van der Waals surface area contributed by atoms with Gasteiger partial charge < -0.3 is 10.7 Å². The number of hydrogen-bond donors (Lipinski definition) is 3. The van der Waals surface area contributed by atoms with Crippen molar-refractivity contribution in [2.75, 3.05) is 10.7 Å². The van der Waals surface area contributed by atoms with Gasteiger partial charge in [-0.2, -0.15) is 0 Å². The number of nitrogens with zero attached hydrogens (tertiary/aromatic N) is 2. The van der Waals surface area contributed by atoms with E-state index < -0.39 is 5.91 Å². The number of aromatic nitrogens is 2. The number of amides is 1. The van der Waals surface area contributed by atoms with E-state index in [2.05, 4.69) is 20.7 Å². The second-order valence-corrected chi connectivity index (χ2v) is 4.25. The van der Waals surface area contributed by atoms with Gasteiger partial charge in [0.05, 0.1) is 5.02 Å². The Kier molecular flexibility index (Phi) is 3.94. The van der Waals surface area contributed by atoms with Crippen molar-refractivity contribution in [2.24, 2.45) is 5.84 Å². The fourth-order valence-corrected chi connectivity index (χ4v) is 1.65. The van der Waals surface area contributed by atoms with Gasteiger partial charge in [0.2, 0.25) is 0 Å². The second kappa shape index (κ2) is 5.64. The van der Waals surface area contributed by atoms with Crippen LogP contribution in [0.25, 0.3) is 0 Å². The summed E-state index contributed by atoms with van der Waals surface area (Å²) in [6, 6.07) is 6.70. The second-order valence-electron chi connectivity index (χ2n) is 3.84. The minimum atomic E-state index is -0.444. The van der Waals surface area contributed by atoms with Gasteiger partial charge in [0.1, 0.15) is 17.3 Å². The Hall–Kier alpha value is -2.18. The highest BCUT2D eigenvalue weighted by Crippen LogP contribution is 2.17. The quantitative estimate of drug-likeness (QED) is 0.589. The number of aryl methyl sites for hydroxylation is 1. The Bertz CT molecular complexity index is 617. The number of carbonyl (C=O) groups excluding carboxylic acids is 1. The molecule has 98 valence electrons. The fourth-order valence-electron chi connectivity index (χ4n) is 1.46. The average molecular weight is 278 g/mol. The summed E-state index contributed by atoms with van der Waals surface area (Å²) in [5.41, 5.74) is 3.43. The molecule has 19 heavy (non-hydrogen) atoms. The predicted molar refractivity (Wildman–Crippen MR) is 74.0 cm³/mol. The van der Waals surface area contributed by atoms with Gasteiger partial charge in [0.15, 0.2) is 0 Å². The molecule has 1 amide bonds. The van der Waals surface area contributed by atoms with Crippen molar-refractivity contribution in [1.82, 2.24) is 9.97 Å². The molecule has 0 radical (unpaired) electrons. The first-order valence-electron chi connectivity index (χ1n) is 5.47. The van der Waals surface area contributed by atoms with Gasteiger partial charge in [0, 0.05) is 6.20 Å². The maximum atomic E-state index is 12.0. The lowest BCUT2D eigenvalue weighted by Crippen LogP contribution is -2.17. The summed E-state index contributed by atoms with van der Waals surface area (Å²) in [6.07, 6.45) is 1.61. The number of rotatable bonds is 3. The number of halogens is 1. The minimum absolute atomic E-state index is 0.0837. The molecule has 0 unspecified atom stereocenters. The molecule has 0 atom stereocenters. The Balaban J connectivity index is 2.25. The lowest BCUT2D eigenvalue weighted by molar-refractivity contribution is 0.102. The monoisotopic (exact) mass is 277 g/mol. The zero-order valence-electron chi connectivity index (χ0n) is 10.1. The molecule has 0 saturated heterocycles. The summed E-state index contributed by atoms with van der Waals surface area (Å²) in [7, 11) is 0. The number of hydrazine groups is 1. The maximum absolute atomic E-state index is 12.0. The Morgan fingerprint density at radius 3 is 2.79 bits per heavy atom. The lowest BCUT2D eigenvalue weighted by atomic mass is 10.3. The highest BCUT2D eigenvalue weighted by Gasteiger charge is 2.13. The normalized spacial score (nSPS) is 10.1. The van der Waals surface area contributed by atoms with Crippen molar-refractivity contribution in [3.05, 3.63) is 46.7 Å². The summed E-state index contributed by atoms with van der Waals surface area (Å²) >= 11 is 5.93. The summed E-state index contributed by atoms with van der Waals surface area (Å²) in [5, 5.41) is 2.87. The van der Waals surface area contributed by atoms with Crippen LogP contribution < -0.4 is 16.6 Å². The molecule has 0 aliphatic rings. The molecular weight excluding hydrogens is 266 g/mol. The molecule has 4 N–H and O–H groups in total. The van der Waals surface area contributed by atoms with E-state index >= 15 is 0 Å². The topological polar surface area (TPSA) is 92.9 Å². The number of nitrogens with one attached hydrogen (secondary N) is 2. The molecule has 0 spiro atoms. The Morgan fingerprint density at radius 1 is 1.32 bits per heavy atom. The van der Waals surface area contributed by atoms with Gasteiger partial charge in [-0.25, -0.2) is 15.8 Å². The van der Waals surface area contributed by atoms with Crippen LogP contribution in [0.2, 0.25) is 5.02 Å². The number of nitrogen functional groups attached to an aromatic ring is 1. The van der Waals surface area contributed by atoms with Gasteiger partial charge in [-0.15, -0.1) is 0 Å². The van der Waals surface area contributed by atoms with E-state index in [1.807, 2.05) is 13.0 Å². The van der Waals surface area contributed by atoms with Crippen molar-refractivity contribution in [1.29, 1.82) is 0 Å². The third-order valence-corrected chi connectivity index (χ3v) is 2.67. The van der Waals surface area contributed by atoms with Crippen LogP contribution in [-0.2, 0) is 0 Å². The summed E-state index contributed by atoms with van der Waals surface area (Å²) < 4.78 is 0. The van der Waals surface area contributed by atoms with Crippen molar-refractivity contribution >= 4 is 29.1 Å². The van der Waals surface area contributed by atoms with Crippen LogP contribution in [0.5, 0.6) is 0 Å². The van der Waals surface area contributed by atoms with E-state index in [4.69, 9.17) is 17.4 Å². The van der Waals surface area contributed by atoms with E-state index in [1.54, 1.807) is 24.4 Å². The summed E-state index contributed by atoms with van der Waals surface area (Å²) in [5.74, 6) is 5.59. The third kappa shape index (κ3) is 3.18. The molecule has 2 aromatic rings. The summed E-state index contributed by atoms with van der Waals surface area (Å²) in [6.45, 7) is 1.90. The third-order valence-electron chi connectivity index (χ3n) is 2.37. The standard InChI is InChI=1S/C12H12ClN5O/c1-7-4-5-15-10(6-7)17-12(19)11-8(13)2-3-9(16-11)18-14/h2-6H,14H2,1H3,(H,16,18)(H,15,17,19). The molecule has 0 aliphatic carbocycles. The fraction of sp³-hybridized carbons (Fsp3) is 0.0833. The first kappa shape index (κ1) is 13.3. The first-order chi connectivity index (χ1) is 9.10. The zero-order chi connectivity index (χ0) is 13.8. The molecule has 0 fully saturated rings. The van der Waals surface area contributed by atoms with E-state index in [0.29, 0.717) is 11.6 Å². The molecule has 0 bridgehead atoms. The van der Waals surface area contributed by atoms with Crippen molar-refractivity contribution in [3.63, 3.8) is 0 Å². The molecule has 0 aromatic carbocycles. The number of pyridine rings is 2. The molecule has 0 saturated carbocycles. The van der Waals surface area contributed by atoms with E-state index in [0.717, 1.165) is 5.56 Å². The predicted octanol–water partition coefficient (Wildman–Crippen LogP) is 1.98. The van der Waals surface area contributed by atoms with Crippen molar-refractivity contribution in [2.45, 2.75) is 6.92 Å². The highest BCUT2D eigenvalue weighted by atomic mass is 35.5. The van der Waals surface area contributed by atoms with Crippen molar-refractivity contribution in [3.8, 4) is 0 Å². The number of carbonyl (C=O) groups is 1. The van der Waals surface area contributed by atoms with Crippen LogP contribution in [0, 0.1) is 6.92 Å². The maximum Gasteiger partial charge on any atom is 0.277 e. The van der Waals surface area contributed by atoms with Gasteiger partial charge in [-0.05, 0) is 36.8 Å². The van der Waals surface area contributed by atoms with Crippen molar-refractivity contribution < 1.29 is 4.79 Å². The van der Waals surface area contributed by atoms with Crippen LogP contribution in [0.1, 0.15) is 16.1 Å². The Morgan fingerprint density at radius 2 is 2.11 bits per heavy atom. The van der Waals surface area contributed by atoms with Crippen LogP contribution in [0.3, 0.4) is 0 Å². The van der Waals surface area contributed by atoms with Gasteiger partial charge in [0.25, 0.3) is 5.91 Å². The largest absolute Gasteiger partial charge is 0.308 e. The molecule has 6 nitrogen and oxygen atoms in total. The summed E-state index contributed by atoms with van der Waals surface area (Å²) in [4.78, 5) is 20.1. The van der Waals surface area contributed by atoms with Crippen LogP contribution in [-0.4, -0.2) is 15.9 Å². The molecule has 2 rings (SSSR count). The van der Waals surface area contributed by atoms with E-state index in [1.165, 1.54) is 0 Å². The minimum Gasteiger partial charge on any atom is -0.308 e. The first-order valence-corrected chi connectivity index (χ1v) is 5.85. The SMILES string of the molecule is Cc1ccnc(NC(=O)c2nc(NN)ccc2Cl)c1. The van der Waals surface area contributed by atoms with Crippen LogP contribution in [0.15, 0.2) is 30.5 Å². The van der Waals surface area contributed by atoms with E-state index in [9.17, 15) is 4.79 Å². The zero-order valence-corrected chi connectivity index (χ0v) is 10.9. The van der Waals surface area contributed by atoms with E-state index in [-0.39, 0.29) is 10.7 Å².